The second kappa shape index (κ2) is 8.14. The fraction of sp³-hybridized carbons (Fsp3) is 0.467. The van der Waals surface area contributed by atoms with Crippen LogP contribution in [-0.2, 0) is 16.0 Å². The lowest BCUT2D eigenvalue weighted by Crippen LogP contribution is -2.46. The third kappa shape index (κ3) is 5.47. The van der Waals surface area contributed by atoms with Crippen LogP contribution in [0.25, 0.3) is 0 Å². The maximum absolute atomic E-state index is 11.9. The van der Waals surface area contributed by atoms with Gasteiger partial charge in [0.15, 0.2) is 0 Å². The van der Waals surface area contributed by atoms with E-state index >= 15 is 0 Å². The first kappa shape index (κ1) is 17.7. The van der Waals surface area contributed by atoms with E-state index in [0.717, 1.165) is 22.1 Å². The van der Waals surface area contributed by atoms with Gasteiger partial charge in [-0.25, -0.2) is 0 Å². The van der Waals surface area contributed by atoms with Gasteiger partial charge in [-0.15, -0.1) is 0 Å². The van der Waals surface area contributed by atoms with Crippen molar-refractivity contribution in [1.29, 1.82) is 0 Å². The number of hydrogen-bond donors (Lipinski definition) is 3. The molecular weight excluding hydrogens is 334 g/mol. The lowest BCUT2D eigenvalue weighted by molar-refractivity contribution is -0.125. The minimum Gasteiger partial charge on any atom is -0.346 e. The van der Waals surface area contributed by atoms with Gasteiger partial charge in [-0.05, 0) is 36.1 Å². The third-order valence-corrected chi connectivity index (χ3v) is 3.66. The van der Waals surface area contributed by atoms with Gasteiger partial charge in [0.1, 0.15) is 0 Å². The first-order valence-electron chi connectivity index (χ1n) is 6.96. The molecule has 4 N–H and O–H groups in total. The molecule has 0 saturated carbocycles. The molecule has 0 aliphatic heterocycles. The largest absolute Gasteiger partial charge is 0.346 e. The second-order valence-corrected chi connectivity index (χ2v) is 6.11. The fourth-order valence-electron chi connectivity index (χ4n) is 1.76. The van der Waals surface area contributed by atoms with Crippen molar-refractivity contribution >= 4 is 33.4 Å². The molecule has 0 aliphatic rings. The Bertz CT molecular complexity index is 518. The maximum Gasteiger partial charge on any atom is 0.243 e. The highest BCUT2D eigenvalue weighted by Crippen LogP contribution is 2.21. The Morgan fingerprint density at radius 3 is 2.57 bits per heavy atom. The summed E-state index contributed by atoms with van der Waals surface area (Å²) in [5.74, 6) is -0.547. The second-order valence-electron chi connectivity index (χ2n) is 5.19. The minimum atomic E-state index is -0.600. The zero-order valence-electron chi connectivity index (χ0n) is 12.6. The molecule has 0 bridgehead atoms. The molecule has 1 atom stereocenters. The van der Waals surface area contributed by atoms with E-state index < -0.39 is 6.04 Å². The van der Waals surface area contributed by atoms with E-state index in [1.165, 1.54) is 0 Å². The average Bonchev–Trinajstić information content (AvgIpc) is 2.45. The Morgan fingerprint density at radius 1 is 1.33 bits per heavy atom. The van der Waals surface area contributed by atoms with Gasteiger partial charge in [-0.2, -0.15) is 0 Å². The van der Waals surface area contributed by atoms with E-state index in [1.54, 1.807) is 0 Å². The van der Waals surface area contributed by atoms with Gasteiger partial charge in [0, 0.05) is 10.2 Å². The number of nitrogens with one attached hydrogen (secondary N) is 2. The van der Waals surface area contributed by atoms with Gasteiger partial charge in [0.25, 0.3) is 0 Å². The van der Waals surface area contributed by atoms with Gasteiger partial charge < -0.3 is 16.4 Å². The van der Waals surface area contributed by atoms with Crippen LogP contribution >= 0.6 is 15.9 Å². The van der Waals surface area contributed by atoms with Crippen molar-refractivity contribution in [2.75, 3.05) is 11.9 Å². The number of carbonyl (C=O) groups excluding carboxylic acids is 2. The number of nitrogens with two attached hydrogens (primary N) is 1. The lowest BCUT2D eigenvalue weighted by atomic mass is 10.1. The van der Waals surface area contributed by atoms with Crippen LogP contribution in [0.15, 0.2) is 22.7 Å². The number of benzene rings is 1. The molecule has 116 valence electrons. The quantitative estimate of drug-likeness (QED) is 0.729. The van der Waals surface area contributed by atoms with E-state index in [9.17, 15) is 9.59 Å². The molecule has 1 aromatic rings. The molecule has 0 aliphatic carbocycles. The molecule has 0 saturated heterocycles. The summed E-state index contributed by atoms with van der Waals surface area (Å²) in [6.45, 7) is 5.65. The summed E-state index contributed by atoms with van der Waals surface area (Å²) in [7, 11) is 0. The predicted octanol–water partition coefficient (Wildman–Crippen LogP) is 2.05. The number of rotatable bonds is 6. The maximum atomic E-state index is 11.9. The Kier molecular flexibility index (Phi) is 6.84. The average molecular weight is 356 g/mol. The molecule has 1 rings (SSSR count). The van der Waals surface area contributed by atoms with Crippen LogP contribution in [0.1, 0.15) is 26.3 Å². The van der Waals surface area contributed by atoms with E-state index in [-0.39, 0.29) is 24.3 Å². The molecule has 0 radical (unpaired) electrons. The van der Waals surface area contributed by atoms with Crippen LogP contribution in [0.5, 0.6) is 0 Å². The summed E-state index contributed by atoms with van der Waals surface area (Å²) in [6.07, 6.45) is 0.805. The number of halogens is 1. The first-order chi connectivity index (χ1) is 9.85. The van der Waals surface area contributed by atoms with Crippen LogP contribution in [0.4, 0.5) is 5.69 Å². The smallest absolute Gasteiger partial charge is 0.243 e. The molecule has 5 nitrogen and oxygen atoms in total. The van der Waals surface area contributed by atoms with E-state index in [2.05, 4.69) is 26.6 Å². The number of hydrogen-bond acceptors (Lipinski definition) is 3. The molecule has 0 aromatic heterocycles. The molecule has 1 aromatic carbocycles. The fourth-order valence-corrected chi connectivity index (χ4v) is 2.17. The van der Waals surface area contributed by atoms with Crippen molar-refractivity contribution in [3.05, 3.63) is 28.2 Å². The van der Waals surface area contributed by atoms with Gasteiger partial charge in [0.05, 0.1) is 12.6 Å². The SMILES string of the molecule is CCc1cc(Br)ccc1NC(=O)CNC(=O)[C@@H](N)C(C)C. The Hall–Kier alpha value is -1.40. The van der Waals surface area contributed by atoms with E-state index in [0.29, 0.717) is 0 Å². The molecule has 6 heteroatoms. The van der Waals surface area contributed by atoms with Gasteiger partial charge in [0.2, 0.25) is 11.8 Å². The minimum absolute atomic E-state index is 0.0335. The number of carbonyl (C=O) groups is 2. The summed E-state index contributed by atoms with van der Waals surface area (Å²) < 4.78 is 0.966. The van der Waals surface area contributed by atoms with Crippen LogP contribution < -0.4 is 16.4 Å². The van der Waals surface area contributed by atoms with Crippen LogP contribution in [0, 0.1) is 5.92 Å². The standard InChI is InChI=1S/C15H22BrN3O2/c1-4-10-7-11(16)5-6-12(10)19-13(20)8-18-15(21)14(17)9(2)3/h5-7,9,14H,4,8,17H2,1-3H3,(H,18,21)(H,19,20)/t14-/m0/s1. The van der Waals surface area contributed by atoms with Crippen LogP contribution in [-0.4, -0.2) is 24.4 Å². The van der Waals surface area contributed by atoms with E-state index in [1.807, 2.05) is 39.0 Å². The van der Waals surface area contributed by atoms with Crippen molar-refractivity contribution in [1.82, 2.24) is 5.32 Å². The molecule has 0 fully saturated rings. The monoisotopic (exact) mass is 355 g/mol. The molecule has 0 unspecified atom stereocenters. The Morgan fingerprint density at radius 2 is 2.00 bits per heavy atom. The first-order valence-corrected chi connectivity index (χ1v) is 7.76. The summed E-state index contributed by atoms with van der Waals surface area (Å²) in [4.78, 5) is 23.6. The molecule has 2 amide bonds. The summed E-state index contributed by atoms with van der Waals surface area (Å²) in [6, 6.07) is 5.06. The third-order valence-electron chi connectivity index (χ3n) is 3.17. The molecule has 21 heavy (non-hydrogen) atoms. The van der Waals surface area contributed by atoms with Crippen molar-refractivity contribution in [3.8, 4) is 0 Å². The van der Waals surface area contributed by atoms with Crippen LogP contribution in [0.3, 0.4) is 0 Å². The summed E-state index contributed by atoms with van der Waals surface area (Å²) >= 11 is 3.40. The summed E-state index contributed by atoms with van der Waals surface area (Å²) in [5, 5.41) is 5.34. The highest BCUT2D eigenvalue weighted by molar-refractivity contribution is 9.10. The zero-order chi connectivity index (χ0) is 16.0. The van der Waals surface area contributed by atoms with Gasteiger partial charge in [-0.1, -0.05) is 36.7 Å². The van der Waals surface area contributed by atoms with Crippen molar-refractivity contribution in [2.24, 2.45) is 11.7 Å². The lowest BCUT2D eigenvalue weighted by Gasteiger charge is -2.15. The molecule has 0 spiro atoms. The Labute approximate surface area is 133 Å². The highest BCUT2D eigenvalue weighted by Gasteiger charge is 2.17. The topological polar surface area (TPSA) is 84.2 Å². The van der Waals surface area contributed by atoms with Crippen molar-refractivity contribution in [3.63, 3.8) is 0 Å². The summed E-state index contributed by atoms with van der Waals surface area (Å²) in [5.41, 5.74) is 7.50. The van der Waals surface area contributed by atoms with Crippen molar-refractivity contribution < 1.29 is 9.59 Å². The number of amides is 2. The van der Waals surface area contributed by atoms with Crippen LogP contribution in [0.2, 0.25) is 0 Å². The predicted molar refractivity (Wildman–Crippen MR) is 88.0 cm³/mol. The van der Waals surface area contributed by atoms with Gasteiger partial charge >= 0.3 is 0 Å². The molecular formula is C15H22BrN3O2. The zero-order valence-corrected chi connectivity index (χ0v) is 14.2. The normalized spacial score (nSPS) is 12.1. The van der Waals surface area contributed by atoms with Gasteiger partial charge in [-0.3, -0.25) is 9.59 Å². The Balaban J connectivity index is 2.57. The van der Waals surface area contributed by atoms with E-state index in [4.69, 9.17) is 5.73 Å². The molecule has 0 heterocycles. The number of anilines is 1. The van der Waals surface area contributed by atoms with Crippen molar-refractivity contribution in [2.45, 2.75) is 33.2 Å². The number of aryl methyl sites for hydroxylation is 1. The highest BCUT2D eigenvalue weighted by atomic mass is 79.9.